The second-order valence-corrected chi connectivity index (χ2v) is 3.90. The minimum atomic E-state index is 0.246. The summed E-state index contributed by atoms with van der Waals surface area (Å²) in [6, 6.07) is 3.84. The Morgan fingerprint density at radius 2 is 2.07 bits per heavy atom. The Hall–Kier alpha value is -1.31. The average Bonchev–Trinajstić information content (AvgIpc) is 2.75. The lowest BCUT2D eigenvalue weighted by Gasteiger charge is -2.10. The maximum Gasteiger partial charge on any atom is 0.162 e. The molecule has 0 heterocycles. The number of ketones is 1. The van der Waals surface area contributed by atoms with Crippen LogP contribution in [0.25, 0.3) is 0 Å². The molecule has 0 unspecified atom stereocenters. The summed E-state index contributed by atoms with van der Waals surface area (Å²) >= 11 is 0. The summed E-state index contributed by atoms with van der Waals surface area (Å²) in [5.41, 5.74) is 3.38. The highest BCUT2D eigenvalue weighted by Crippen LogP contribution is 2.33. The summed E-state index contributed by atoms with van der Waals surface area (Å²) in [6.07, 6.45) is 3.79. The van der Waals surface area contributed by atoms with Gasteiger partial charge in [-0.2, -0.15) is 0 Å². The van der Waals surface area contributed by atoms with Gasteiger partial charge < -0.3 is 4.74 Å². The molecule has 1 aromatic carbocycles. The molecule has 1 aromatic rings. The van der Waals surface area contributed by atoms with Gasteiger partial charge in [-0.25, -0.2) is 0 Å². The van der Waals surface area contributed by atoms with Gasteiger partial charge in [0.15, 0.2) is 5.78 Å². The molecule has 0 bridgehead atoms. The molecule has 0 aliphatic heterocycles. The Bertz CT molecular complexity index is 394. The Morgan fingerprint density at radius 3 is 2.73 bits per heavy atom. The predicted octanol–water partition coefficient (Wildman–Crippen LogP) is 2.78. The summed E-state index contributed by atoms with van der Waals surface area (Å²) in [5.74, 6) is 1.19. The summed E-state index contributed by atoms with van der Waals surface area (Å²) in [7, 11) is 1.69. The number of carbonyl (C=O) groups excluding carboxylic acids is 1. The van der Waals surface area contributed by atoms with Crippen molar-refractivity contribution in [2.75, 3.05) is 7.11 Å². The third-order valence-electron chi connectivity index (χ3n) is 3.08. The smallest absolute Gasteiger partial charge is 0.162 e. The van der Waals surface area contributed by atoms with Crippen molar-refractivity contribution in [3.63, 3.8) is 0 Å². The zero-order valence-corrected chi connectivity index (χ0v) is 9.30. The third kappa shape index (κ3) is 1.65. The van der Waals surface area contributed by atoms with Crippen molar-refractivity contribution in [2.45, 2.75) is 32.6 Å². The lowest BCUT2D eigenvalue weighted by atomic mass is 9.98. The number of benzene rings is 1. The minimum Gasteiger partial charge on any atom is -0.496 e. The Kier molecular flexibility index (Phi) is 2.76. The fourth-order valence-corrected chi connectivity index (χ4v) is 2.32. The van der Waals surface area contributed by atoms with Crippen molar-refractivity contribution in [1.29, 1.82) is 0 Å². The maximum absolute atomic E-state index is 11.7. The molecule has 15 heavy (non-hydrogen) atoms. The quantitative estimate of drug-likeness (QED) is 0.708. The highest BCUT2D eigenvalue weighted by atomic mass is 16.5. The number of ether oxygens (including phenoxy) is 1. The van der Waals surface area contributed by atoms with Crippen molar-refractivity contribution in [3.8, 4) is 5.75 Å². The van der Waals surface area contributed by atoms with Gasteiger partial charge in [0.1, 0.15) is 5.75 Å². The number of Topliss-reactive ketones (excluding diaryl/α,β-unsaturated/α-hetero) is 1. The van der Waals surface area contributed by atoms with Gasteiger partial charge >= 0.3 is 0 Å². The number of fused-ring (bicyclic) bond motifs is 1. The first-order chi connectivity index (χ1) is 7.27. The molecule has 80 valence electrons. The van der Waals surface area contributed by atoms with Crippen LogP contribution >= 0.6 is 0 Å². The van der Waals surface area contributed by atoms with Crippen molar-refractivity contribution < 1.29 is 9.53 Å². The van der Waals surface area contributed by atoms with Gasteiger partial charge in [0.05, 0.1) is 7.11 Å². The first-order valence-electron chi connectivity index (χ1n) is 5.49. The lowest BCUT2D eigenvalue weighted by molar-refractivity contribution is 0.0987. The normalized spacial score (nSPS) is 13.7. The van der Waals surface area contributed by atoms with Gasteiger partial charge in [0, 0.05) is 12.0 Å². The van der Waals surface area contributed by atoms with Crippen LogP contribution in [0.4, 0.5) is 0 Å². The number of hydrogen-bond acceptors (Lipinski definition) is 2. The molecule has 0 N–H and O–H groups in total. The van der Waals surface area contributed by atoms with Gasteiger partial charge in [-0.15, -0.1) is 0 Å². The van der Waals surface area contributed by atoms with Crippen molar-refractivity contribution in [1.82, 2.24) is 0 Å². The van der Waals surface area contributed by atoms with E-state index in [0.717, 1.165) is 30.6 Å². The standard InChI is InChI=1S/C13H16O2/c1-3-12(14)10-7-8-13(15-2)11-6-4-5-9(10)11/h7-8H,3-6H2,1-2H3. The molecule has 0 spiro atoms. The molecule has 0 radical (unpaired) electrons. The van der Waals surface area contributed by atoms with Crippen LogP contribution in [0.3, 0.4) is 0 Å². The molecule has 2 nitrogen and oxygen atoms in total. The average molecular weight is 204 g/mol. The number of hydrogen-bond donors (Lipinski definition) is 0. The van der Waals surface area contributed by atoms with Gasteiger partial charge in [0.25, 0.3) is 0 Å². The summed E-state index contributed by atoms with van der Waals surface area (Å²) < 4.78 is 5.31. The molecule has 1 aliphatic rings. The second-order valence-electron chi connectivity index (χ2n) is 3.90. The van der Waals surface area contributed by atoms with Gasteiger partial charge in [-0.1, -0.05) is 6.92 Å². The summed E-state index contributed by atoms with van der Waals surface area (Å²) in [5, 5.41) is 0. The highest BCUT2D eigenvalue weighted by molar-refractivity contribution is 5.98. The molecule has 1 aliphatic carbocycles. The van der Waals surface area contributed by atoms with E-state index >= 15 is 0 Å². The van der Waals surface area contributed by atoms with Gasteiger partial charge in [-0.05, 0) is 42.5 Å². The van der Waals surface area contributed by atoms with Crippen LogP contribution in [-0.2, 0) is 12.8 Å². The first-order valence-corrected chi connectivity index (χ1v) is 5.49. The molecule has 0 aromatic heterocycles. The van der Waals surface area contributed by atoms with Crippen LogP contribution in [0.1, 0.15) is 41.3 Å². The number of methoxy groups -OCH3 is 1. The van der Waals surface area contributed by atoms with Crippen LogP contribution in [-0.4, -0.2) is 12.9 Å². The van der Waals surface area contributed by atoms with E-state index in [2.05, 4.69) is 0 Å². The Labute approximate surface area is 90.3 Å². The molecule has 0 saturated heterocycles. The topological polar surface area (TPSA) is 26.3 Å². The summed E-state index contributed by atoms with van der Waals surface area (Å²) in [4.78, 5) is 11.7. The van der Waals surface area contributed by atoms with E-state index < -0.39 is 0 Å². The van der Waals surface area contributed by atoms with Gasteiger partial charge in [-0.3, -0.25) is 4.79 Å². The molecule has 2 rings (SSSR count). The van der Waals surface area contributed by atoms with Crippen molar-refractivity contribution >= 4 is 5.78 Å². The van der Waals surface area contributed by atoms with E-state index in [0.29, 0.717) is 6.42 Å². The van der Waals surface area contributed by atoms with E-state index in [9.17, 15) is 4.79 Å². The zero-order valence-electron chi connectivity index (χ0n) is 9.30. The maximum atomic E-state index is 11.7. The molecule has 0 fully saturated rings. The van der Waals surface area contributed by atoms with Crippen molar-refractivity contribution in [2.24, 2.45) is 0 Å². The first kappa shape index (κ1) is 10.2. The van der Waals surface area contributed by atoms with Crippen LogP contribution < -0.4 is 4.74 Å². The van der Waals surface area contributed by atoms with Crippen LogP contribution in [0.2, 0.25) is 0 Å². The van der Waals surface area contributed by atoms with E-state index in [1.54, 1.807) is 7.11 Å². The van der Waals surface area contributed by atoms with Crippen LogP contribution in [0.5, 0.6) is 5.75 Å². The minimum absolute atomic E-state index is 0.246. The fraction of sp³-hybridized carbons (Fsp3) is 0.462. The summed E-state index contributed by atoms with van der Waals surface area (Å²) in [6.45, 7) is 1.91. The van der Waals surface area contributed by atoms with Gasteiger partial charge in [0.2, 0.25) is 0 Å². The molecule has 2 heteroatoms. The van der Waals surface area contributed by atoms with Crippen LogP contribution in [0, 0.1) is 0 Å². The molecule has 0 amide bonds. The second kappa shape index (κ2) is 4.05. The molecular weight excluding hydrogens is 188 g/mol. The SMILES string of the molecule is CCC(=O)c1ccc(OC)c2c1CCC2. The van der Waals surface area contributed by atoms with E-state index in [1.807, 2.05) is 19.1 Å². The monoisotopic (exact) mass is 204 g/mol. The zero-order chi connectivity index (χ0) is 10.8. The largest absolute Gasteiger partial charge is 0.496 e. The highest BCUT2D eigenvalue weighted by Gasteiger charge is 2.21. The Balaban J connectivity index is 2.51. The third-order valence-corrected chi connectivity index (χ3v) is 3.08. The fourth-order valence-electron chi connectivity index (χ4n) is 2.32. The molecule has 0 saturated carbocycles. The van der Waals surface area contributed by atoms with E-state index in [-0.39, 0.29) is 5.78 Å². The lowest BCUT2D eigenvalue weighted by Crippen LogP contribution is -2.03. The molecular formula is C13H16O2. The van der Waals surface area contributed by atoms with E-state index in [1.165, 1.54) is 11.1 Å². The number of carbonyl (C=O) groups is 1. The number of rotatable bonds is 3. The van der Waals surface area contributed by atoms with E-state index in [4.69, 9.17) is 4.74 Å². The van der Waals surface area contributed by atoms with Crippen molar-refractivity contribution in [3.05, 3.63) is 28.8 Å². The Morgan fingerprint density at radius 1 is 1.33 bits per heavy atom. The molecule has 0 atom stereocenters. The van der Waals surface area contributed by atoms with Crippen LogP contribution in [0.15, 0.2) is 12.1 Å². The predicted molar refractivity (Wildman–Crippen MR) is 59.6 cm³/mol.